The standard InChI is InChI=1S/C26H17BrF5NO5S2/c1-2-37-18-8-7-17(28)23(24(18)29)25(34)21-10-9-20(39-21)14-4-3-5-16(12-14)33-40(35,36)22-11-6-15(27)13-19(22)38-26(30,31)32/h3-13,33H,2H2,1H3. The van der Waals surface area contributed by atoms with Gasteiger partial charge in [-0.15, -0.1) is 24.5 Å². The van der Waals surface area contributed by atoms with Crippen molar-refractivity contribution in [2.24, 2.45) is 0 Å². The van der Waals surface area contributed by atoms with Crippen molar-refractivity contribution in [1.82, 2.24) is 0 Å². The third-order valence-electron chi connectivity index (χ3n) is 5.23. The molecule has 0 aliphatic rings. The molecule has 0 aliphatic carbocycles. The fourth-order valence-electron chi connectivity index (χ4n) is 3.60. The first-order valence-corrected chi connectivity index (χ1v) is 14.3. The van der Waals surface area contributed by atoms with Crippen molar-refractivity contribution in [1.29, 1.82) is 0 Å². The number of hydrogen-bond donors (Lipinski definition) is 1. The molecule has 0 unspecified atom stereocenters. The van der Waals surface area contributed by atoms with Crippen molar-refractivity contribution in [3.63, 3.8) is 0 Å². The van der Waals surface area contributed by atoms with E-state index in [9.17, 15) is 35.2 Å². The number of rotatable bonds is 9. The first kappa shape index (κ1) is 29.5. The van der Waals surface area contributed by atoms with E-state index in [1.54, 1.807) is 13.0 Å². The quantitative estimate of drug-likeness (QED) is 0.146. The Hall–Kier alpha value is -3.49. The van der Waals surface area contributed by atoms with Gasteiger partial charge >= 0.3 is 6.36 Å². The first-order chi connectivity index (χ1) is 18.8. The van der Waals surface area contributed by atoms with Crippen LogP contribution in [0.5, 0.6) is 11.5 Å². The normalized spacial score (nSPS) is 11.8. The van der Waals surface area contributed by atoms with Crippen LogP contribution in [0.25, 0.3) is 10.4 Å². The van der Waals surface area contributed by atoms with E-state index in [1.807, 2.05) is 0 Å². The maximum absolute atomic E-state index is 14.8. The molecule has 40 heavy (non-hydrogen) atoms. The highest BCUT2D eigenvalue weighted by molar-refractivity contribution is 9.10. The summed E-state index contributed by atoms with van der Waals surface area (Å²) < 4.78 is 105. The van der Waals surface area contributed by atoms with Crippen LogP contribution < -0.4 is 14.2 Å². The molecule has 0 saturated heterocycles. The van der Waals surface area contributed by atoms with Crippen molar-refractivity contribution in [2.75, 3.05) is 11.3 Å². The number of ketones is 1. The molecule has 0 radical (unpaired) electrons. The third-order valence-corrected chi connectivity index (χ3v) is 8.28. The van der Waals surface area contributed by atoms with Crippen LogP contribution in [0.3, 0.4) is 0 Å². The van der Waals surface area contributed by atoms with E-state index >= 15 is 0 Å². The zero-order valence-electron chi connectivity index (χ0n) is 20.2. The van der Waals surface area contributed by atoms with Gasteiger partial charge in [-0.2, -0.15) is 0 Å². The van der Waals surface area contributed by atoms with Crippen molar-refractivity contribution in [3.05, 3.63) is 93.3 Å². The number of benzene rings is 3. The van der Waals surface area contributed by atoms with Crippen molar-refractivity contribution in [3.8, 4) is 21.9 Å². The van der Waals surface area contributed by atoms with Gasteiger partial charge in [0.05, 0.1) is 17.0 Å². The number of halogens is 6. The van der Waals surface area contributed by atoms with Crippen molar-refractivity contribution < 1.29 is 44.6 Å². The Morgan fingerprint density at radius 2 is 1.75 bits per heavy atom. The number of carbonyl (C=O) groups excluding carboxylic acids is 1. The van der Waals surface area contributed by atoms with Crippen LogP contribution in [0.1, 0.15) is 22.2 Å². The monoisotopic (exact) mass is 661 g/mol. The zero-order valence-corrected chi connectivity index (χ0v) is 23.4. The van der Waals surface area contributed by atoms with E-state index < -0.39 is 50.0 Å². The minimum Gasteiger partial charge on any atom is -0.491 e. The summed E-state index contributed by atoms with van der Waals surface area (Å²) in [6.07, 6.45) is -5.13. The molecule has 0 spiro atoms. The van der Waals surface area contributed by atoms with Gasteiger partial charge in [-0.1, -0.05) is 28.1 Å². The second kappa shape index (κ2) is 11.6. The second-order valence-corrected chi connectivity index (χ2v) is 11.6. The largest absolute Gasteiger partial charge is 0.573 e. The van der Waals surface area contributed by atoms with Gasteiger partial charge in [-0.25, -0.2) is 17.2 Å². The lowest BCUT2D eigenvalue weighted by molar-refractivity contribution is -0.275. The van der Waals surface area contributed by atoms with Crippen molar-refractivity contribution in [2.45, 2.75) is 18.2 Å². The second-order valence-electron chi connectivity index (χ2n) is 7.99. The molecule has 14 heteroatoms. The van der Waals surface area contributed by atoms with Crippen LogP contribution in [0.2, 0.25) is 0 Å². The molecule has 4 aromatic rings. The van der Waals surface area contributed by atoms with Gasteiger partial charge in [-0.3, -0.25) is 9.52 Å². The number of carbonyl (C=O) groups is 1. The molecule has 0 bridgehead atoms. The summed E-state index contributed by atoms with van der Waals surface area (Å²) >= 11 is 3.89. The Morgan fingerprint density at radius 1 is 1.00 bits per heavy atom. The molecule has 210 valence electrons. The van der Waals surface area contributed by atoms with E-state index in [0.717, 1.165) is 35.6 Å². The van der Waals surface area contributed by atoms with E-state index in [4.69, 9.17) is 4.74 Å². The molecular formula is C26H17BrF5NO5S2. The number of sulfonamides is 1. The summed E-state index contributed by atoms with van der Waals surface area (Å²) in [5, 5.41) is 0. The summed E-state index contributed by atoms with van der Waals surface area (Å²) in [4.78, 5) is 12.7. The van der Waals surface area contributed by atoms with Crippen LogP contribution >= 0.6 is 27.3 Å². The van der Waals surface area contributed by atoms with Crippen molar-refractivity contribution >= 4 is 48.8 Å². The van der Waals surface area contributed by atoms with Crippen LogP contribution in [0, 0.1) is 11.6 Å². The Labute approximate surface area is 237 Å². The molecule has 0 saturated carbocycles. The highest BCUT2D eigenvalue weighted by Gasteiger charge is 2.34. The summed E-state index contributed by atoms with van der Waals surface area (Å²) in [5.41, 5.74) is -0.343. The molecular weight excluding hydrogens is 645 g/mol. The molecule has 0 amide bonds. The average molecular weight is 662 g/mol. The number of nitrogens with one attached hydrogen (secondary N) is 1. The summed E-state index contributed by atoms with van der Waals surface area (Å²) in [6, 6.07) is 13.8. The predicted molar refractivity (Wildman–Crippen MR) is 142 cm³/mol. The number of anilines is 1. The number of thiophene rings is 1. The molecule has 3 aromatic carbocycles. The van der Waals surface area contributed by atoms with E-state index in [1.165, 1.54) is 36.4 Å². The number of ether oxygens (including phenoxy) is 2. The molecule has 0 aliphatic heterocycles. The summed E-state index contributed by atoms with van der Waals surface area (Å²) in [5.74, 6) is -4.28. The summed E-state index contributed by atoms with van der Waals surface area (Å²) in [6.45, 7) is 1.72. The SMILES string of the molecule is CCOc1ccc(F)c(C(=O)c2ccc(-c3cccc(NS(=O)(=O)c4ccc(Br)cc4OC(F)(F)F)c3)s2)c1F. The lowest BCUT2D eigenvalue weighted by Gasteiger charge is -2.15. The fraction of sp³-hybridized carbons (Fsp3) is 0.115. The lowest BCUT2D eigenvalue weighted by atomic mass is 10.1. The summed E-state index contributed by atoms with van der Waals surface area (Å²) in [7, 11) is -4.54. The maximum atomic E-state index is 14.8. The Morgan fingerprint density at radius 3 is 2.45 bits per heavy atom. The van der Waals surface area contributed by atoms with Gasteiger partial charge < -0.3 is 9.47 Å². The van der Waals surface area contributed by atoms with Crippen LogP contribution in [0.4, 0.5) is 27.6 Å². The third kappa shape index (κ3) is 6.62. The molecule has 1 aromatic heterocycles. The Balaban J connectivity index is 1.62. The number of alkyl halides is 3. The van der Waals surface area contributed by atoms with E-state index in [-0.39, 0.29) is 27.4 Å². The van der Waals surface area contributed by atoms with Gasteiger partial charge in [0.2, 0.25) is 5.78 Å². The van der Waals surface area contributed by atoms with Crippen LogP contribution in [0.15, 0.2) is 76.1 Å². The minimum absolute atomic E-state index is 0.00107. The zero-order chi connectivity index (χ0) is 29.2. The highest BCUT2D eigenvalue weighted by Crippen LogP contribution is 2.36. The van der Waals surface area contributed by atoms with Crippen LogP contribution in [-0.2, 0) is 10.0 Å². The van der Waals surface area contributed by atoms with Gasteiger partial charge in [0, 0.05) is 15.0 Å². The topological polar surface area (TPSA) is 81.7 Å². The first-order valence-electron chi connectivity index (χ1n) is 11.2. The maximum Gasteiger partial charge on any atom is 0.573 e. The van der Waals surface area contributed by atoms with Gasteiger partial charge in [0.15, 0.2) is 17.3 Å². The molecule has 4 rings (SSSR count). The Kier molecular flexibility index (Phi) is 8.52. The predicted octanol–water partition coefficient (Wildman–Crippen LogP) is 7.78. The van der Waals surface area contributed by atoms with Crippen LogP contribution in [-0.4, -0.2) is 27.2 Å². The average Bonchev–Trinajstić information content (AvgIpc) is 3.35. The molecule has 0 atom stereocenters. The van der Waals surface area contributed by atoms with E-state index in [0.29, 0.717) is 10.4 Å². The van der Waals surface area contributed by atoms with Gasteiger partial charge in [0.25, 0.3) is 10.0 Å². The minimum atomic E-state index is -5.13. The molecule has 1 N–H and O–H groups in total. The fourth-order valence-corrected chi connectivity index (χ4v) is 6.05. The number of hydrogen-bond acceptors (Lipinski definition) is 6. The van der Waals surface area contributed by atoms with E-state index in [2.05, 4.69) is 25.4 Å². The lowest BCUT2D eigenvalue weighted by Crippen LogP contribution is -2.21. The molecule has 0 fully saturated rings. The van der Waals surface area contributed by atoms with Gasteiger partial charge in [-0.05, 0) is 67.1 Å². The molecule has 6 nitrogen and oxygen atoms in total. The smallest absolute Gasteiger partial charge is 0.491 e. The Bertz CT molecular complexity index is 1690. The highest BCUT2D eigenvalue weighted by atomic mass is 79.9. The van der Waals surface area contributed by atoms with Gasteiger partial charge in [0.1, 0.15) is 10.7 Å². The molecule has 1 heterocycles.